The Morgan fingerprint density at radius 2 is 1.76 bits per heavy atom. The van der Waals surface area contributed by atoms with Crippen LogP contribution in [0, 0.1) is 0 Å². The Labute approximate surface area is 200 Å². The van der Waals surface area contributed by atoms with Crippen molar-refractivity contribution in [1.29, 1.82) is 0 Å². The SMILES string of the molecule is COc1ccc(OCC[C@@H]2C[C@H](CC(=O)/C=C/[C@@](C)(O)[C@H](C)O)O[C@H](c3ccccc3)O2)cc1. The van der Waals surface area contributed by atoms with Crippen LogP contribution in [-0.2, 0) is 14.3 Å². The Bertz CT molecular complexity index is 922. The minimum Gasteiger partial charge on any atom is -0.497 e. The van der Waals surface area contributed by atoms with Gasteiger partial charge in [0.2, 0.25) is 0 Å². The van der Waals surface area contributed by atoms with Crippen molar-refractivity contribution in [3.8, 4) is 11.5 Å². The summed E-state index contributed by atoms with van der Waals surface area (Å²) in [5.41, 5.74) is -0.589. The van der Waals surface area contributed by atoms with E-state index in [1.165, 1.54) is 26.0 Å². The topological polar surface area (TPSA) is 94.5 Å². The van der Waals surface area contributed by atoms with Crippen molar-refractivity contribution in [2.45, 2.75) is 63.3 Å². The van der Waals surface area contributed by atoms with E-state index in [-0.39, 0.29) is 24.4 Å². The van der Waals surface area contributed by atoms with E-state index >= 15 is 0 Å². The molecule has 0 spiro atoms. The standard InChI is InChI=1S/C27H34O7/c1-19(28)27(2,30)15-13-21(29)17-25-18-24(33-26(34-25)20-7-5-4-6-8-20)14-16-32-23-11-9-22(31-3)10-12-23/h4-13,15,19,24-26,28,30H,14,16-18H2,1-3H3/b15-13+/t19-,24+,25-,26+,27+/m0/s1. The van der Waals surface area contributed by atoms with Gasteiger partial charge in [-0.2, -0.15) is 0 Å². The Hall–Kier alpha value is -2.71. The molecule has 0 unspecified atom stereocenters. The molecule has 0 bridgehead atoms. The van der Waals surface area contributed by atoms with Crippen LogP contribution in [0.4, 0.5) is 0 Å². The van der Waals surface area contributed by atoms with Gasteiger partial charge in [0.25, 0.3) is 0 Å². The molecule has 7 heteroatoms. The largest absolute Gasteiger partial charge is 0.497 e. The lowest BCUT2D eigenvalue weighted by atomic mass is 9.97. The van der Waals surface area contributed by atoms with Gasteiger partial charge in [0.1, 0.15) is 17.1 Å². The first-order chi connectivity index (χ1) is 16.3. The van der Waals surface area contributed by atoms with Gasteiger partial charge < -0.3 is 29.2 Å². The number of aliphatic hydroxyl groups excluding tert-OH is 1. The number of carbonyl (C=O) groups is 1. The summed E-state index contributed by atoms with van der Waals surface area (Å²) in [6.07, 6.45) is 1.89. The fourth-order valence-electron chi connectivity index (χ4n) is 3.54. The molecule has 0 radical (unpaired) electrons. The molecule has 1 aliphatic heterocycles. The summed E-state index contributed by atoms with van der Waals surface area (Å²) in [6, 6.07) is 17.0. The van der Waals surface area contributed by atoms with Crippen molar-refractivity contribution in [3.63, 3.8) is 0 Å². The summed E-state index contributed by atoms with van der Waals surface area (Å²) in [7, 11) is 1.62. The third-order valence-electron chi connectivity index (χ3n) is 5.88. The number of allylic oxidation sites excluding steroid dienone is 1. The van der Waals surface area contributed by atoms with Crippen LogP contribution in [-0.4, -0.2) is 53.6 Å². The summed E-state index contributed by atoms with van der Waals surface area (Å²) in [6.45, 7) is 3.38. The summed E-state index contributed by atoms with van der Waals surface area (Å²) >= 11 is 0. The number of ether oxygens (including phenoxy) is 4. The molecular weight excluding hydrogens is 436 g/mol. The lowest BCUT2D eigenvalue weighted by molar-refractivity contribution is -0.249. The molecule has 2 N–H and O–H groups in total. The van der Waals surface area contributed by atoms with Crippen molar-refractivity contribution in [2.24, 2.45) is 0 Å². The third-order valence-corrected chi connectivity index (χ3v) is 5.88. The number of benzene rings is 2. The van der Waals surface area contributed by atoms with E-state index in [1.54, 1.807) is 7.11 Å². The maximum atomic E-state index is 12.5. The summed E-state index contributed by atoms with van der Waals surface area (Å²) < 4.78 is 23.3. The van der Waals surface area contributed by atoms with Crippen LogP contribution >= 0.6 is 0 Å². The van der Waals surface area contributed by atoms with Gasteiger partial charge in [0.05, 0.1) is 32.0 Å². The molecule has 1 aliphatic rings. The molecule has 2 aromatic rings. The molecule has 34 heavy (non-hydrogen) atoms. The second-order valence-electron chi connectivity index (χ2n) is 8.71. The highest BCUT2D eigenvalue weighted by Gasteiger charge is 2.32. The Morgan fingerprint density at radius 1 is 1.12 bits per heavy atom. The first-order valence-electron chi connectivity index (χ1n) is 11.5. The van der Waals surface area contributed by atoms with E-state index in [2.05, 4.69) is 0 Å². The van der Waals surface area contributed by atoms with Gasteiger partial charge in [-0.25, -0.2) is 0 Å². The molecule has 1 fully saturated rings. The van der Waals surface area contributed by atoms with Crippen molar-refractivity contribution in [3.05, 3.63) is 72.3 Å². The van der Waals surface area contributed by atoms with E-state index in [0.717, 1.165) is 17.1 Å². The molecule has 1 heterocycles. The number of hydrogen-bond donors (Lipinski definition) is 2. The molecule has 1 saturated heterocycles. The number of ketones is 1. The van der Waals surface area contributed by atoms with Crippen LogP contribution in [0.5, 0.6) is 11.5 Å². The average Bonchev–Trinajstić information content (AvgIpc) is 2.83. The quantitative estimate of drug-likeness (QED) is 0.480. The van der Waals surface area contributed by atoms with Gasteiger partial charge in [-0.3, -0.25) is 4.79 Å². The Kier molecular flexibility index (Phi) is 9.24. The summed E-state index contributed by atoms with van der Waals surface area (Å²) in [5, 5.41) is 19.8. The lowest BCUT2D eigenvalue weighted by Gasteiger charge is -2.36. The van der Waals surface area contributed by atoms with E-state index in [1.807, 2.05) is 54.6 Å². The summed E-state index contributed by atoms with van der Waals surface area (Å²) in [4.78, 5) is 12.5. The molecule has 184 valence electrons. The van der Waals surface area contributed by atoms with Crippen LogP contribution in [0.15, 0.2) is 66.7 Å². The molecule has 0 aromatic heterocycles. The van der Waals surface area contributed by atoms with Crippen LogP contribution in [0.1, 0.15) is 45.0 Å². The van der Waals surface area contributed by atoms with E-state index in [9.17, 15) is 15.0 Å². The zero-order valence-electron chi connectivity index (χ0n) is 19.9. The lowest BCUT2D eigenvalue weighted by Crippen LogP contribution is -2.36. The second kappa shape index (κ2) is 12.1. The molecule has 5 atom stereocenters. The molecule has 7 nitrogen and oxygen atoms in total. The monoisotopic (exact) mass is 470 g/mol. The molecule has 3 rings (SSSR count). The smallest absolute Gasteiger partial charge is 0.184 e. The van der Waals surface area contributed by atoms with E-state index < -0.39 is 18.0 Å². The fraction of sp³-hybridized carbons (Fsp3) is 0.444. The van der Waals surface area contributed by atoms with Crippen molar-refractivity contribution in [1.82, 2.24) is 0 Å². The van der Waals surface area contributed by atoms with E-state index in [4.69, 9.17) is 18.9 Å². The fourth-order valence-corrected chi connectivity index (χ4v) is 3.54. The zero-order valence-corrected chi connectivity index (χ0v) is 19.9. The molecule has 2 aromatic carbocycles. The van der Waals surface area contributed by atoms with Crippen molar-refractivity contribution in [2.75, 3.05) is 13.7 Å². The number of methoxy groups -OCH3 is 1. The van der Waals surface area contributed by atoms with Gasteiger partial charge in [-0.15, -0.1) is 0 Å². The van der Waals surface area contributed by atoms with Crippen LogP contribution in [0.2, 0.25) is 0 Å². The van der Waals surface area contributed by atoms with Crippen LogP contribution in [0.25, 0.3) is 0 Å². The minimum atomic E-state index is -1.47. The Morgan fingerprint density at radius 3 is 2.41 bits per heavy atom. The van der Waals surface area contributed by atoms with Gasteiger partial charge in [0, 0.05) is 24.8 Å². The zero-order chi connectivity index (χ0) is 24.6. The van der Waals surface area contributed by atoms with E-state index in [0.29, 0.717) is 19.4 Å². The number of rotatable bonds is 11. The maximum Gasteiger partial charge on any atom is 0.184 e. The van der Waals surface area contributed by atoms with Gasteiger partial charge >= 0.3 is 0 Å². The molecule has 0 amide bonds. The second-order valence-corrected chi connectivity index (χ2v) is 8.71. The first-order valence-corrected chi connectivity index (χ1v) is 11.5. The minimum absolute atomic E-state index is 0.148. The van der Waals surface area contributed by atoms with Crippen molar-refractivity contribution >= 4 is 5.78 Å². The molecule has 0 aliphatic carbocycles. The van der Waals surface area contributed by atoms with Gasteiger partial charge in [0.15, 0.2) is 12.1 Å². The molecule has 0 saturated carbocycles. The highest BCUT2D eigenvalue weighted by Crippen LogP contribution is 2.32. The third kappa shape index (κ3) is 7.67. The predicted octanol–water partition coefficient (Wildman–Crippen LogP) is 3.98. The maximum absolute atomic E-state index is 12.5. The van der Waals surface area contributed by atoms with Crippen LogP contribution in [0.3, 0.4) is 0 Å². The number of hydrogen-bond acceptors (Lipinski definition) is 7. The van der Waals surface area contributed by atoms with Crippen LogP contribution < -0.4 is 9.47 Å². The van der Waals surface area contributed by atoms with Gasteiger partial charge in [-0.1, -0.05) is 30.3 Å². The number of aliphatic hydroxyl groups is 2. The Balaban J connectivity index is 1.61. The molecular formula is C27H34O7. The van der Waals surface area contributed by atoms with Crippen molar-refractivity contribution < 1.29 is 34.0 Å². The normalized spacial score (nSPS) is 23.3. The summed E-state index contributed by atoms with van der Waals surface area (Å²) in [5.74, 6) is 1.32. The average molecular weight is 471 g/mol. The first kappa shape index (κ1) is 25.9. The number of carbonyl (C=O) groups excluding carboxylic acids is 1. The predicted molar refractivity (Wildman–Crippen MR) is 128 cm³/mol. The van der Waals surface area contributed by atoms with Gasteiger partial charge in [-0.05, 0) is 50.3 Å². The highest BCUT2D eigenvalue weighted by atomic mass is 16.7. The highest BCUT2D eigenvalue weighted by molar-refractivity contribution is 5.90.